The number of nitrogens with one attached hydrogen (secondary N) is 2. The molecule has 8 heteroatoms. The van der Waals surface area contributed by atoms with Gasteiger partial charge in [-0.1, -0.05) is 32.0 Å². The fourth-order valence-corrected chi connectivity index (χ4v) is 4.95. The number of aromatic nitrogens is 2. The topological polar surface area (TPSA) is 111 Å². The number of aromatic amines is 1. The van der Waals surface area contributed by atoms with Gasteiger partial charge in [0.15, 0.2) is 0 Å². The number of aliphatic hydroxyl groups excluding tert-OH is 1. The summed E-state index contributed by atoms with van der Waals surface area (Å²) in [7, 11) is 0. The van der Waals surface area contributed by atoms with Crippen LogP contribution in [0.2, 0.25) is 0 Å². The number of rotatable bonds is 8. The Balaban J connectivity index is 1.67. The summed E-state index contributed by atoms with van der Waals surface area (Å²) in [4.78, 5) is 31.4. The highest BCUT2D eigenvalue weighted by Crippen LogP contribution is 2.39. The second-order valence-electron chi connectivity index (χ2n) is 8.82. The van der Waals surface area contributed by atoms with Crippen LogP contribution >= 0.6 is 0 Å². The molecule has 1 aliphatic rings. The first-order valence-corrected chi connectivity index (χ1v) is 11.8. The normalized spacial score (nSPS) is 15.1. The molecule has 2 amide bonds. The summed E-state index contributed by atoms with van der Waals surface area (Å²) in [6.45, 7) is 6.60. The van der Waals surface area contributed by atoms with E-state index in [2.05, 4.69) is 29.0 Å². The Morgan fingerprint density at radius 1 is 0.971 bits per heavy atom. The third kappa shape index (κ3) is 4.00. The molecule has 5 rings (SSSR count). The second kappa shape index (κ2) is 9.05. The Labute approximate surface area is 202 Å². The molecule has 2 aromatic carbocycles. The summed E-state index contributed by atoms with van der Waals surface area (Å²) in [6.07, 6.45) is 2.90. The maximum absolute atomic E-state index is 13.1. The molecule has 1 aliphatic heterocycles. The monoisotopic (exact) mass is 472 g/mol. The number of amides is 2. The van der Waals surface area contributed by atoms with E-state index in [1.165, 1.54) is 0 Å². The number of aromatic hydroxyl groups is 1. The molecule has 0 fully saturated rings. The molecule has 2 aromatic heterocycles. The fraction of sp³-hybridized carbons (Fsp3) is 0.259. The van der Waals surface area contributed by atoms with Crippen LogP contribution in [0.5, 0.6) is 5.75 Å². The molecule has 0 saturated heterocycles. The van der Waals surface area contributed by atoms with Gasteiger partial charge in [0.25, 0.3) is 11.8 Å². The molecular formula is C27H28N4O4. The van der Waals surface area contributed by atoms with Gasteiger partial charge in [-0.25, -0.2) is 0 Å². The third-order valence-corrected chi connectivity index (χ3v) is 6.69. The van der Waals surface area contributed by atoms with Crippen molar-refractivity contribution in [3.63, 3.8) is 0 Å². The van der Waals surface area contributed by atoms with Gasteiger partial charge >= 0.3 is 0 Å². The van der Waals surface area contributed by atoms with Gasteiger partial charge in [-0.15, -0.1) is 0 Å². The average Bonchev–Trinajstić information content (AvgIpc) is 3.50. The van der Waals surface area contributed by atoms with Crippen molar-refractivity contribution in [2.45, 2.75) is 26.5 Å². The molecule has 0 aliphatic carbocycles. The molecule has 0 bridgehead atoms. The highest BCUT2D eigenvalue weighted by atomic mass is 16.3. The predicted molar refractivity (Wildman–Crippen MR) is 136 cm³/mol. The first-order chi connectivity index (χ1) is 16.9. The molecule has 4 N–H and O–H groups in total. The van der Waals surface area contributed by atoms with E-state index in [1.807, 2.05) is 28.8 Å². The van der Waals surface area contributed by atoms with Crippen molar-refractivity contribution in [1.82, 2.24) is 19.8 Å². The van der Waals surface area contributed by atoms with Crippen LogP contribution in [0.4, 0.5) is 0 Å². The predicted octanol–water partition coefficient (Wildman–Crippen LogP) is 3.10. The minimum absolute atomic E-state index is 0.0548. The van der Waals surface area contributed by atoms with Gasteiger partial charge in [0.1, 0.15) is 5.75 Å². The number of nitrogens with zero attached hydrogens (tertiary/aromatic N) is 2. The smallest absolute Gasteiger partial charge is 0.259 e. The maximum Gasteiger partial charge on any atom is 0.259 e. The summed E-state index contributed by atoms with van der Waals surface area (Å²) >= 11 is 0. The molecule has 4 aromatic rings. The Morgan fingerprint density at radius 3 is 2.43 bits per heavy atom. The lowest BCUT2D eigenvalue weighted by molar-refractivity contribution is -0.122. The number of hydrogen-bond donors (Lipinski definition) is 4. The molecule has 0 radical (unpaired) electrons. The summed E-state index contributed by atoms with van der Waals surface area (Å²) < 4.78 is 1.88. The molecule has 0 spiro atoms. The number of phenolic OH excluding ortho intramolecular Hbond substituents is 1. The number of aliphatic hydroxyl groups is 1. The zero-order valence-electron chi connectivity index (χ0n) is 19.7. The van der Waals surface area contributed by atoms with E-state index in [0.717, 1.165) is 29.5 Å². The summed E-state index contributed by atoms with van der Waals surface area (Å²) in [6, 6.07) is 12.5. The van der Waals surface area contributed by atoms with Gasteiger partial charge in [0.05, 0.1) is 17.3 Å². The van der Waals surface area contributed by atoms with E-state index in [1.54, 1.807) is 30.6 Å². The fourth-order valence-electron chi connectivity index (χ4n) is 4.95. The number of imide groups is 1. The number of phenols is 1. The standard InChI is InChI=1S/C27H28N4O4/c1-3-30(4-2)13-17(33)14-31-15-21(19-11-16(32)9-10-23(19)31)25-24(26(34)29-27(25)35)20-12-28-22-8-6-5-7-18(20)22/h5-12,15,17,28,32-33H,3-4,13-14H2,1-2H3,(H,29,34,35). The van der Waals surface area contributed by atoms with E-state index < -0.39 is 17.9 Å². The maximum atomic E-state index is 13.1. The van der Waals surface area contributed by atoms with Gasteiger partial charge in [-0.3, -0.25) is 14.9 Å². The van der Waals surface area contributed by atoms with E-state index in [0.29, 0.717) is 35.2 Å². The molecule has 1 unspecified atom stereocenters. The molecule has 180 valence electrons. The van der Waals surface area contributed by atoms with Crippen molar-refractivity contribution in [2.24, 2.45) is 0 Å². The van der Waals surface area contributed by atoms with Crippen LogP contribution in [-0.2, 0) is 16.1 Å². The molecule has 8 nitrogen and oxygen atoms in total. The highest BCUT2D eigenvalue weighted by molar-refractivity contribution is 6.50. The molecule has 1 atom stereocenters. The van der Waals surface area contributed by atoms with Crippen molar-refractivity contribution >= 4 is 44.8 Å². The number of benzene rings is 2. The zero-order chi connectivity index (χ0) is 24.7. The van der Waals surface area contributed by atoms with Gasteiger partial charge in [0.2, 0.25) is 0 Å². The van der Waals surface area contributed by atoms with Crippen molar-refractivity contribution in [3.8, 4) is 5.75 Å². The Bertz CT molecular complexity index is 1480. The van der Waals surface area contributed by atoms with E-state index >= 15 is 0 Å². The van der Waals surface area contributed by atoms with E-state index in [4.69, 9.17) is 0 Å². The number of para-hydroxylation sites is 1. The second-order valence-corrected chi connectivity index (χ2v) is 8.82. The van der Waals surface area contributed by atoms with Crippen LogP contribution in [0.3, 0.4) is 0 Å². The summed E-state index contributed by atoms with van der Waals surface area (Å²) in [5.74, 6) is -0.891. The Kier molecular flexibility index (Phi) is 5.92. The number of likely N-dealkylation sites (N-methyl/N-ethyl adjacent to an activating group) is 1. The SMILES string of the molecule is CCN(CC)CC(O)Cn1cc(C2=C(c3c[nH]c4ccccc34)C(=O)NC2=O)c2cc(O)ccc21. The highest BCUT2D eigenvalue weighted by Gasteiger charge is 2.35. The Hall–Kier alpha value is -3.88. The van der Waals surface area contributed by atoms with Gasteiger partial charge in [-0.05, 0) is 37.4 Å². The molecule has 0 saturated carbocycles. The van der Waals surface area contributed by atoms with Crippen LogP contribution in [0.1, 0.15) is 25.0 Å². The molecule has 3 heterocycles. The number of carbonyl (C=O) groups excluding carboxylic acids is 2. The number of H-pyrrole nitrogens is 1. The van der Waals surface area contributed by atoms with Gasteiger partial charge < -0.3 is 24.7 Å². The molecule has 35 heavy (non-hydrogen) atoms. The quantitative estimate of drug-likeness (QED) is 0.295. The van der Waals surface area contributed by atoms with Crippen LogP contribution in [0.15, 0.2) is 54.9 Å². The lowest BCUT2D eigenvalue weighted by atomic mass is 9.95. The Morgan fingerprint density at radius 2 is 1.69 bits per heavy atom. The number of fused-ring (bicyclic) bond motifs is 2. The average molecular weight is 473 g/mol. The minimum Gasteiger partial charge on any atom is -0.508 e. The van der Waals surface area contributed by atoms with Crippen LogP contribution in [-0.4, -0.2) is 62.2 Å². The first-order valence-electron chi connectivity index (χ1n) is 11.8. The van der Waals surface area contributed by atoms with Crippen LogP contribution in [0, 0.1) is 0 Å². The summed E-state index contributed by atoms with van der Waals surface area (Å²) in [5, 5.41) is 24.9. The first kappa shape index (κ1) is 22.9. The number of carbonyl (C=O) groups is 2. The van der Waals surface area contributed by atoms with Gasteiger partial charge in [-0.2, -0.15) is 0 Å². The molecular weight excluding hydrogens is 444 g/mol. The van der Waals surface area contributed by atoms with Crippen LogP contribution in [0.25, 0.3) is 33.0 Å². The van der Waals surface area contributed by atoms with Crippen molar-refractivity contribution in [2.75, 3.05) is 19.6 Å². The van der Waals surface area contributed by atoms with Crippen molar-refractivity contribution in [1.29, 1.82) is 0 Å². The van der Waals surface area contributed by atoms with Crippen molar-refractivity contribution in [3.05, 3.63) is 66.0 Å². The van der Waals surface area contributed by atoms with E-state index in [-0.39, 0.29) is 11.3 Å². The van der Waals surface area contributed by atoms with Gasteiger partial charge in [0, 0.05) is 58.4 Å². The number of hydrogen-bond acceptors (Lipinski definition) is 5. The van der Waals surface area contributed by atoms with Crippen LogP contribution < -0.4 is 5.32 Å². The lowest BCUT2D eigenvalue weighted by Gasteiger charge is -2.22. The third-order valence-electron chi connectivity index (χ3n) is 6.69. The largest absolute Gasteiger partial charge is 0.508 e. The summed E-state index contributed by atoms with van der Waals surface area (Å²) in [5.41, 5.74) is 3.34. The lowest BCUT2D eigenvalue weighted by Crippen LogP contribution is -2.34. The van der Waals surface area contributed by atoms with Crippen molar-refractivity contribution < 1.29 is 19.8 Å². The zero-order valence-corrected chi connectivity index (χ0v) is 19.7. The van der Waals surface area contributed by atoms with E-state index in [9.17, 15) is 19.8 Å². The minimum atomic E-state index is -0.631.